The van der Waals surface area contributed by atoms with E-state index in [2.05, 4.69) is 4.74 Å². The molecule has 1 N–H and O–H groups in total. The minimum absolute atomic E-state index is 0. The second-order valence-corrected chi connectivity index (χ2v) is 2.15. The molecule has 0 aliphatic rings. The average molecular weight is 204 g/mol. The van der Waals surface area contributed by atoms with Crippen LogP contribution in [-0.2, 0) is 0 Å². The Labute approximate surface area is 102 Å². The van der Waals surface area contributed by atoms with E-state index in [-0.39, 0.29) is 40.9 Å². The van der Waals surface area contributed by atoms with Crippen LogP contribution in [-0.4, -0.2) is 17.2 Å². The molecule has 0 saturated heterocycles. The van der Waals surface area contributed by atoms with Crippen molar-refractivity contribution in [1.82, 2.24) is 0 Å². The van der Waals surface area contributed by atoms with E-state index in [1.54, 1.807) is 0 Å². The van der Waals surface area contributed by atoms with Gasteiger partial charge in [-0.2, -0.15) is 0 Å². The van der Waals surface area contributed by atoms with E-state index in [9.17, 15) is 14.7 Å². The molecule has 68 valence electrons. The Balaban J connectivity index is 0.00000169. The number of carbonyl (C=O) groups excluding carboxylic acids is 1. The summed E-state index contributed by atoms with van der Waals surface area (Å²) in [6.45, 7) is 0. The first-order chi connectivity index (χ1) is 6.11. The van der Waals surface area contributed by atoms with Crippen molar-refractivity contribution in [3.8, 4) is 5.75 Å². The second-order valence-electron chi connectivity index (χ2n) is 2.15. The number of para-hydroxylation sites is 1. The zero-order valence-electron chi connectivity index (χ0n) is 7.39. The summed E-state index contributed by atoms with van der Waals surface area (Å²) in [5.41, 5.74) is -0.216. The monoisotopic (exact) mass is 204 g/mol. The summed E-state index contributed by atoms with van der Waals surface area (Å²) in [4.78, 5) is 20.5. The third-order valence-electron chi connectivity index (χ3n) is 1.31. The summed E-state index contributed by atoms with van der Waals surface area (Å²) in [6.07, 6.45) is -1.78. The van der Waals surface area contributed by atoms with E-state index < -0.39 is 12.1 Å². The molecule has 0 heterocycles. The number of carboxylic acids is 1. The number of hydrogen-bond acceptors (Lipinski definition) is 4. The van der Waals surface area contributed by atoms with Crippen LogP contribution in [0.5, 0.6) is 5.75 Å². The summed E-state index contributed by atoms with van der Waals surface area (Å²) in [5.74, 6) is -1.49. The van der Waals surface area contributed by atoms with Gasteiger partial charge in [0, 0.05) is 0 Å². The van der Waals surface area contributed by atoms with Crippen LogP contribution >= 0.6 is 0 Å². The van der Waals surface area contributed by atoms with Gasteiger partial charge in [-0.3, -0.25) is 0 Å². The predicted molar refractivity (Wildman–Crippen MR) is 39.4 cm³/mol. The molecule has 0 aromatic heterocycles. The minimum Gasteiger partial charge on any atom is -0.513 e. The summed E-state index contributed by atoms with van der Waals surface area (Å²) in [7, 11) is 0. The Morgan fingerprint density at radius 3 is 2.36 bits per heavy atom. The number of ether oxygens (including phenoxy) is 1. The normalized spacial score (nSPS) is 8.57. The Hall–Kier alpha value is -1.04. The van der Waals surface area contributed by atoms with Gasteiger partial charge in [0.2, 0.25) is 0 Å². The maximum Gasteiger partial charge on any atom is 1.00 e. The van der Waals surface area contributed by atoms with E-state index in [1.165, 1.54) is 24.3 Å². The molecule has 0 atom stereocenters. The molecule has 0 aliphatic heterocycles. The maximum atomic E-state index is 10.5. The first kappa shape index (κ1) is 13.0. The maximum absolute atomic E-state index is 10.5. The number of carbonyl (C=O) groups is 2. The molecular weight excluding hydrogens is 199 g/mol. The predicted octanol–water partition coefficient (Wildman–Crippen LogP) is -2.89. The van der Waals surface area contributed by atoms with Gasteiger partial charge in [0.05, 0.1) is 11.3 Å². The van der Waals surface area contributed by atoms with Crippen molar-refractivity contribution in [3.05, 3.63) is 29.8 Å². The van der Waals surface area contributed by atoms with E-state index in [4.69, 9.17) is 5.11 Å². The van der Waals surface area contributed by atoms with Crippen molar-refractivity contribution < 1.29 is 54.1 Å². The van der Waals surface area contributed by atoms with Crippen molar-refractivity contribution in [2.24, 2.45) is 0 Å². The molecule has 0 bridgehead atoms. The van der Waals surface area contributed by atoms with Gasteiger partial charge in [-0.15, -0.1) is 0 Å². The van der Waals surface area contributed by atoms with Crippen LogP contribution < -0.4 is 39.4 Å². The Kier molecular flexibility index (Phi) is 5.22. The summed E-state index contributed by atoms with van der Waals surface area (Å²) >= 11 is 0. The van der Waals surface area contributed by atoms with Gasteiger partial charge < -0.3 is 19.7 Å². The zero-order chi connectivity index (χ0) is 9.84. The molecule has 0 spiro atoms. The van der Waals surface area contributed by atoms with Gasteiger partial charge in [0.15, 0.2) is 0 Å². The third-order valence-corrected chi connectivity index (χ3v) is 1.31. The zero-order valence-corrected chi connectivity index (χ0v) is 9.39. The number of carboxylic acid groups (broad SMARTS) is 2. The Morgan fingerprint density at radius 1 is 1.29 bits per heavy atom. The van der Waals surface area contributed by atoms with E-state index in [0.29, 0.717) is 0 Å². The van der Waals surface area contributed by atoms with E-state index in [1.807, 2.05) is 0 Å². The van der Waals surface area contributed by atoms with Crippen molar-refractivity contribution in [1.29, 1.82) is 0 Å². The van der Waals surface area contributed by atoms with Crippen molar-refractivity contribution in [2.45, 2.75) is 0 Å². The molecule has 0 amide bonds. The molecular formula is C8H5NaO5. The molecule has 14 heavy (non-hydrogen) atoms. The molecule has 0 fully saturated rings. The summed E-state index contributed by atoms with van der Waals surface area (Å²) in [6, 6.07) is 5.40. The first-order valence-electron chi connectivity index (χ1n) is 3.32. The number of benzene rings is 1. The molecule has 5 nitrogen and oxygen atoms in total. The van der Waals surface area contributed by atoms with Crippen LogP contribution in [0.2, 0.25) is 0 Å². The smallest absolute Gasteiger partial charge is 0.513 e. The first-order valence-corrected chi connectivity index (χ1v) is 3.32. The molecule has 0 aliphatic carbocycles. The molecule has 6 heteroatoms. The van der Waals surface area contributed by atoms with Crippen LogP contribution in [0, 0.1) is 0 Å². The van der Waals surface area contributed by atoms with Gasteiger partial charge in [0.1, 0.15) is 0 Å². The number of hydrogen-bond donors (Lipinski definition) is 1. The van der Waals surface area contributed by atoms with Gasteiger partial charge in [-0.1, -0.05) is 12.1 Å². The van der Waals surface area contributed by atoms with Crippen molar-refractivity contribution in [3.63, 3.8) is 0 Å². The number of rotatable bonds is 2. The largest absolute Gasteiger partial charge is 1.00 e. The molecule has 1 aromatic carbocycles. The van der Waals surface area contributed by atoms with Gasteiger partial charge in [-0.05, 0) is 12.1 Å². The van der Waals surface area contributed by atoms with Gasteiger partial charge in [0.25, 0.3) is 6.16 Å². The average Bonchev–Trinajstić information content (AvgIpc) is 2.03. The standard InChI is InChI=1S/C8H6O5.Na/c9-7(10)5-3-1-2-4-6(5)13-8(11)12;/h1-4H,(H,9,10)(H,11,12);/q;+1/p-1. The van der Waals surface area contributed by atoms with Gasteiger partial charge >= 0.3 is 35.5 Å². The molecule has 0 unspecified atom stereocenters. The topological polar surface area (TPSA) is 86.7 Å². The van der Waals surface area contributed by atoms with Crippen LogP contribution in [0.15, 0.2) is 24.3 Å². The van der Waals surface area contributed by atoms with E-state index >= 15 is 0 Å². The summed E-state index contributed by atoms with van der Waals surface area (Å²) < 4.78 is 4.13. The Bertz CT molecular complexity index is 349. The SMILES string of the molecule is O=C([O-])Oc1ccccc1C(=O)O.[Na+]. The third kappa shape index (κ3) is 3.37. The van der Waals surface area contributed by atoms with Gasteiger partial charge in [-0.25, -0.2) is 4.79 Å². The fourth-order valence-electron chi connectivity index (χ4n) is 0.822. The molecule has 1 aromatic rings. The number of aromatic carboxylic acids is 1. The fraction of sp³-hybridized carbons (Fsp3) is 0. The van der Waals surface area contributed by atoms with Crippen LogP contribution in [0.25, 0.3) is 0 Å². The fourth-order valence-corrected chi connectivity index (χ4v) is 0.822. The van der Waals surface area contributed by atoms with Crippen LogP contribution in [0.4, 0.5) is 4.79 Å². The molecule has 0 saturated carbocycles. The van der Waals surface area contributed by atoms with E-state index in [0.717, 1.165) is 0 Å². The Morgan fingerprint density at radius 2 is 1.86 bits per heavy atom. The molecule has 0 radical (unpaired) electrons. The van der Waals surface area contributed by atoms with Crippen molar-refractivity contribution >= 4 is 12.1 Å². The molecule has 1 rings (SSSR count). The van der Waals surface area contributed by atoms with Crippen LogP contribution in [0.3, 0.4) is 0 Å². The minimum atomic E-state index is -1.78. The van der Waals surface area contributed by atoms with Crippen molar-refractivity contribution in [2.75, 3.05) is 0 Å². The second kappa shape index (κ2) is 5.64. The quantitative estimate of drug-likeness (QED) is 0.317. The van der Waals surface area contributed by atoms with Crippen LogP contribution in [0.1, 0.15) is 10.4 Å². The summed E-state index contributed by atoms with van der Waals surface area (Å²) in [5, 5.41) is 18.6.